The molecule has 2 heterocycles. The topological polar surface area (TPSA) is 64.9 Å². The molecule has 0 saturated heterocycles. The van der Waals surface area contributed by atoms with Crippen LogP contribution in [0.2, 0.25) is 0 Å². The van der Waals surface area contributed by atoms with E-state index in [4.69, 9.17) is 10.3 Å². The van der Waals surface area contributed by atoms with Gasteiger partial charge in [-0.15, -0.1) is 6.58 Å². The van der Waals surface area contributed by atoms with Gasteiger partial charge in [-0.2, -0.15) is 0 Å². The van der Waals surface area contributed by atoms with Gasteiger partial charge in [-0.05, 0) is 12.0 Å². The average molecular weight is 265 g/mol. The van der Waals surface area contributed by atoms with Gasteiger partial charge in [0.2, 0.25) is 0 Å². The number of nitrogens with zero attached hydrogens (tertiary/aromatic N) is 2. The fourth-order valence-corrected chi connectivity index (χ4v) is 2.32. The maximum absolute atomic E-state index is 6.21. The van der Waals surface area contributed by atoms with Crippen LogP contribution in [0.1, 0.15) is 18.0 Å². The third kappa shape index (κ3) is 2.10. The van der Waals surface area contributed by atoms with E-state index in [-0.39, 0.29) is 6.04 Å². The Labute approximate surface area is 116 Å². The van der Waals surface area contributed by atoms with Gasteiger partial charge in [-0.1, -0.05) is 35.5 Å². The van der Waals surface area contributed by atoms with Gasteiger partial charge in [-0.25, -0.2) is 0 Å². The fraction of sp³-hybridized carbons (Fsp3) is 0.125. The molecule has 0 aliphatic carbocycles. The number of rotatable bonds is 4. The molecule has 0 aliphatic heterocycles. The summed E-state index contributed by atoms with van der Waals surface area (Å²) in [6, 6.07) is 9.66. The van der Waals surface area contributed by atoms with Crippen molar-refractivity contribution in [3.63, 3.8) is 0 Å². The van der Waals surface area contributed by atoms with Crippen LogP contribution in [0.4, 0.5) is 0 Å². The lowest BCUT2D eigenvalue weighted by molar-refractivity contribution is 0.459. The molecule has 4 heteroatoms. The maximum Gasteiger partial charge on any atom is 0.170 e. The number of nitrogens with two attached hydrogens (primary N) is 1. The number of hydrogen-bond acceptors (Lipinski definition) is 4. The van der Waals surface area contributed by atoms with E-state index in [1.165, 1.54) is 0 Å². The number of pyridine rings is 1. The first-order valence-corrected chi connectivity index (χ1v) is 6.46. The molecule has 0 fully saturated rings. The summed E-state index contributed by atoms with van der Waals surface area (Å²) in [5.41, 5.74) is 9.73. The molecule has 2 aromatic heterocycles. The molecular formula is C16H15N3O. The van der Waals surface area contributed by atoms with Crippen LogP contribution in [-0.2, 0) is 0 Å². The summed E-state index contributed by atoms with van der Waals surface area (Å²) in [4.78, 5) is 4.13. The molecule has 0 amide bonds. The van der Waals surface area contributed by atoms with Crippen LogP contribution in [-0.4, -0.2) is 10.1 Å². The Bertz CT molecular complexity index is 748. The van der Waals surface area contributed by atoms with Crippen LogP contribution < -0.4 is 5.73 Å². The normalized spacial score (nSPS) is 12.4. The molecular weight excluding hydrogens is 250 g/mol. The van der Waals surface area contributed by atoms with Crippen molar-refractivity contribution in [2.45, 2.75) is 12.5 Å². The van der Waals surface area contributed by atoms with Crippen molar-refractivity contribution < 1.29 is 4.52 Å². The van der Waals surface area contributed by atoms with Crippen LogP contribution in [0.15, 0.2) is 59.9 Å². The van der Waals surface area contributed by atoms with Gasteiger partial charge >= 0.3 is 0 Å². The van der Waals surface area contributed by atoms with Crippen LogP contribution >= 0.6 is 0 Å². The molecule has 3 rings (SSSR count). The molecule has 3 aromatic rings. The van der Waals surface area contributed by atoms with Gasteiger partial charge < -0.3 is 10.3 Å². The molecule has 1 atom stereocenters. The number of fused-ring (bicyclic) bond motifs is 1. The van der Waals surface area contributed by atoms with E-state index in [1.807, 2.05) is 30.3 Å². The highest BCUT2D eigenvalue weighted by atomic mass is 16.5. The minimum atomic E-state index is -0.105. The van der Waals surface area contributed by atoms with Gasteiger partial charge in [-0.3, -0.25) is 4.98 Å². The number of aromatic nitrogens is 2. The van der Waals surface area contributed by atoms with E-state index in [1.54, 1.807) is 18.5 Å². The highest BCUT2D eigenvalue weighted by Gasteiger charge is 2.16. The van der Waals surface area contributed by atoms with E-state index in [0.717, 1.165) is 27.8 Å². The van der Waals surface area contributed by atoms with E-state index >= 15 is 0 Å². The van der Waals surface area contributed by atoms with Crippen molar-refractivity contribution in [2.75, 3.05) is 0 Å². The Morgan fingerprint density at radius 3 is 3.00 bits per heavy atom. The zero-order chi connectivity index (χ0) is 13.9. The van der Waals surface area contributed by atoms with Gasteiger partial charge in [0.1, 0.15) is 5.69 Å². The molecule has 0 aliphatic rings. The minimum Gasteiger partial charge on any atom is -0.356 e. The summed E-state index contributed by atoms with van der Waals surface area (Å²) < 4.78 is 5.35. The van der Waals surface area contributed by atoms with E-state index in [0.29, 0.717) is 6.42 Å². The quantitative estimate of drug-likeness (QED) is 0.733. The van der Waals surface area contributed by atoms with Crippen LogP contribution in [0.3, 0.4) is 0 Å². The van der Waals surface area contributed by atoms with Crippen LogP contribution in [0.25, 0.3) is 22.2 Å². The smallest absolute Gasteiger partial charge is 0.170 e. The number of hydrogen-bond donors (Lipinski definition) is 1. The molecule has 0 saturated carbocycles. The molecule has 100 valence electrons. The standard InChI is InChI=1S/C16H15N3O/c1-2-5-14(17)11-6-3-4-7-12(11)16-13-10-18-9-8-15(13)20-19-16/h2-4,6-10,14H,1,5,17H2. The van der Waals surface area contributed by atoms with Crippen molar-refractivity contribution in [3.8, 4) is 11.3 Å². The second kappa shape index (κ2) is 5.27. The highest BCUT2D eigenvalue weighted by Crippen LogP contribution is 2.32. The Hall–Kier alpha value is -2.46. The maximum atomic E-state index is 6.21. The summed E-state index contributed by atoms with van der Waals surface area (Å²) in [5.74, 6) is 0. The van der Waals surface area contributed by atoms with Crippen molar-refractivity contribution in [1.82, 2.24) is 10.1 Å². The lowest BCUT2D eigenvalue weighted by atomic mass is 9.95. The predicted octanol–water partition coefficient (Wildman–Crippen LogP) is 3.47. The first kappa shape index (κ1) is 12.6. The summed E-state index contributed by atoms with van der Waals surface area (Å²) >= 11 is 0. The molecule has 1 unspecified atom stereocenters. The summed E-state index contributed by atoms with van der Waals surface area (Å²) in [6.45, 7) is 3.74. The predicted molar refractivity (Wildman–Crippen MR) is 79.0 cm³/mol. The zero-order valence-corrected chi connectivity index (χ0v) is 11.0. The molecule has 2 N–H and O–H groups in total. The second-order valence-corrected chi connectivity index (χ2v) is 4.62. The molecule has 0 radical (unpaired) electrons. The van der Waals surface area contributed by atoms with Crippen molar-refractivity contribution in [1.29, 1.82) is 0 Å². The monoisotopic (exact) mass is 265 g/mol. The first-order valence-electron chi connectivity index (χ1n) is 6.46. The summed E-state index contributed by atoms with van der Waals surface area (Å²) in [6.07, 6.45) is 5.98. The van der Waals surface area contributed by atoms with Gasteiger partial charge in [0.05, 0.1) is 5.39 Å². The lowest BCUT2D eigenvalue weighted by Gasteiger charge is -2.13. The van der Waals surface area contributed by atoms with E-state index < -0.39 is 0 Å². The van der Waals surface area contributed by atoms with E-state index in [9.17, 15) is 0 Å². The van der Waals surface area contributed by atoms with Crippen LogP contribution in [0, 0.1) is 0 Å². The Balaban J connectivity index is 2.17. The fourth-order valence-electron chi connectivity index (χ4n) is 2.32. The van der Waals surface area contributed by atoms with Crippen molar-refractivity contribution in [3.05, 3.63) is 60.9 Å². The lowest BCUT2D eigenvalue weighted by Crippen LogP contribution is -2.10. The summed E-state index contributed by atoms with van der Waals surface area (Å²) in [5, 5.41) is 5.07. The second-order valence-electron chi connectivity index (χ2n) is 4.62. The molecule has 20 heavy (non-hydrogen) atoms. The Kier molecular flexibility index (Phi) is 3.31. The number of benzene rings is 1. The molecule has 4 nitrogen and oxygen atoms in total. The van der Waals surface area contributed by atoms with Crippen LogP contribution in [0.5, 0.6) is 0 Å². The molecule has 0 spiro atoms. The Morgan fingerprint density at radius 1 is 1.30 bits per heavy atom. The molecule has 1 aromatic carbocycles. The van der Waals surface area contributed by atoms with Gasteiger partial charge in [0.15, 0.2) is 5.58 Å². The van der Waals surface area contributed by atoms with Gasteiger partial charge in [0.25, 0.3) is 0 Å². The highest BCUT2D eigenvalue weighted by molar-refractivity contribution is 5.91. The third-order valence-corrected chi connectivity index (χ3v) is 3.31. The van der Waals surface area contributed by atoms with Crippen molar-refractivity contribution in [2.24, 2.45) is 5.73 Å². The largest absolute Gasteiger partial charge is 0.356 e. The summed E-state index contributed by atoms with van der Waals surface area (Å²) in [7, 11) is 0. The van der Waals surface area contributed by atoms with Gasteiger partial charge in [0, 0.05) is 30.1 Å². The van der Waals surface area contributed by atoms with E-state index in [2.05, 4.69) is 16.7 Å². The average Bonchev–Trinajstić information content (AvgIpc) is 2.91. The van der Waals surface area contributed by atoms with Crippen molar-refractivity contribution >= 4 is 11.0 Å². The first-order chi connectivity index (χ1) is 9.81. The Morgan fingerprint density at radius 2 is 2.15 bits per heavy atom. The zero-order valence-electron chi connectivity index (χ0n) is 11.0. The third-order valence-electron chi connectivity index (χ3n) is 3.31. The SMILES string of the molecule is C=CCC(N)c1ccccc1-c1noc2ccncc12. The molecule has 0 bridgehead atoms. The minimum absolute atomic E-state index is 0.105.